The van der Waals surface area contributed by atoms with Crippen molar-refractivity contribution in [2.75, 3.05) is 12.4 Å². The van der Waals surface area contributed by atoms with Crippen LogP contribution in [0, 0.1) is 13.8 Å². The highest BCUT2D eigenvalue weighted by Crippen LogP contribution is 2.07. The van der Waals surface area contributed by atoms with Crippen LogP contribution in [0.5, 0.6) is 0 Å². The largest absolute Gasteiger partial charge is 0.453 e. The number of amides is 2. The number of aromatic nitrogens is 5. The van der Waals surface area contributed by atoms with Crippen molar-refractivity contribution in [1.29, 1.82) is 0 Å². The van der Waals surface area contributed by atoms with Gasteiger partial charge in [0.05, 0.1) is 13.3 Å². The Hall–Kier alpha value is -3.04. The first-order chi connectivity index (χ1) is 11.0. The second kappa shape index (κ2) is 7.29. The van der Waals surface area contributed by atoms with E-state index in [0.29, 0.717) is 6.54 Å². The Morgan fingerprint density at radius 1 is 1.26 bits per heavy atom. The molecule has 23 heavy (non-hydrogen) atoms. The van der Waals surface area contributed by atoms with Gasteiger partial charge in [-0.2, -0.15) is 0 Å². The molecule has 2 heterocycles. The molecule has 0 aliphatic heterocycles. The van der Waals surface area contributed by atoms with Gasteiger partial charge in [-0.1, -0.05) is 5.21 Å². The highest BCUT2D eigenvalue weighted by molar-refractivity contribution is 5.82. The van der Waals surface area contributed by atoms with E-state index in [2.05, 4.69) is 35.7 Å². The van der Waals surface area contributed by atoms with Crippen LogP contribution in [0.4, 0.5) is 10.6 Å². The Labute approximate surface area is 132 Å². The van der Waals surface area contributed by atoms with Gasteiger partial charge in [0, 0.05) is 23.5 Å². The lowest BCUT2D eigenvalue weighted by Crippen LogP contribution is -2.28. The smallest absolute Gasteiger partial charge is 0.412 e. The molecule has 0 spiro atoms. The second-order valence-corrected chi connectivity index (χ2v) is 4.72. The van der Waals surface area contributed by atoms with Gasteiger partial charge in [0.25, 0.3) is 0 Å². The summed E-state index contributed by atoms with van der Waals surface area (Å²) in [6.45, 7) is 4.03. The van der Waals surface area contributed by atoms with Crippen LogP contribution in [0.15, 0.2) is 12.5 Å². The van der Waals surface area contributed by atoms with Gasteiger partial charge in [0.1, 0.15) is 12.9 Å². The Morgan fingerprint density at radius 2 is 1.96 bits per heavy atom. The number of rotatable bonds is 5. The maximum absolute atomic E-state index is 11.9. The molecule has 2 aromatic rings. The number of anilines is 1. The van der Waals surface area contributed by atoms with Crippen LogP contribution in [0.1, 0.15) is 17.0 Å². The number of methoxy groups -OCH3 is 1. The van der Waals surface area contributed by atoms with Gasteiger partial charge >= 0.3 is 6.09 Å². The number of nitrogens with zero attached hydrogens (tertiary/aromatic N) is 5. The molecule has 2 N–H and O–H groups in total. The summed E-state index contributed by atoms with van der Waals surface area (Å²) in [5.74, 6) is -0.0463. The molecule has 122 valence electrons. The Balaban J connectivity index is 1.89. The van der Waals surface area contributed by atoms with Crippen molar-refractivity contribution in [2.45, 2.75) is 26.9 Å². The lowest BCUT2D eigenvalue weighted by molar-refractivity contribution is -0.122. The molecule has 2 rings (SSSR count). The Bertz CT molecular complexity index is 693. The molecule has 0 radical (unpaired) electrons. The van der Waals surface area contributed by atoms with E-state index < -0.39 is 6.09 Å². The predicted octanol–water partition coefficient (Wildman–Crippen LogP) is 0.180. The zero-order chi connectivity index (χ0) is 16.8. The first-order valence-electron chi connectivity index (χ1n) is 6.78. The molecular formula is C13H17N7O3. The highest BCUT2D eigenvalue weighted by Gasteiger charge is 2.10. The van der Waals surface area contributed by atoms with E-state index in [1.54, 1.807) is 0 Å². The van der Waals surface area contributed by atoms with Crippen molar-refractivity contribution >= 4 is 17.8 Å². The maximum Gasteiger partial charge on any atom is 0.412 e. The quantitative estimate of drug-likeness (QED) is 0.805. The van der Waals surface area contributed by atoms with E-state index >= 15 is 0 Å². The van der Waals surface area contributed by atoms with Gasteiger partial charge in [-0.25, -0.2) is 19.4 Å². The maximum atomic E-state index is 11.9. The first kappa shape index (κ1) is 16.3. The van der Waals surface area contributed by atoms with E-state index in [-0.39, 0.29) is 18.3 Å². The van der Waals surface area contributed by atoms with Crippen LogP contribution in [0.3, 0.4) is 0 Å². The summed E-state index contributed by atoms with van der Waals surface area (Å²) in [5, 5.41) is 12.6. The van der Waals surface area contributed by atoms with Crippen molar-refractivity contribution in [1.82, 2.24) is 30.3 Å². The van der Waals surface area contributed by atoms with Crippen LogP contribution >= 0.6 is 0 Å². The third-order valence-corrected chi connectivity index (χ3v) is 3.10. The average Bonchev–Trinajstić information content (AvgIpc) is 2.93. The summed E-state index contributed by atoms with van der Waals surface area (Å²) in [7, 11) is 1.24. The molecule has 10 nitrogen and oxygen atoms in total. The molecule has 0 aliphatic rings. The molecule has 0 bridgehead atoms. The van der Waals surface area contributed by atoms with Gasteiger partial charge in [0.2, 0.25) is 5.91 Å². The minimum absolute atomic E-state index is 0.0262. The number of aryl methyl sites for hydroxylation is 2. The fourth-order valence-corrected chi connectivity index (χ4v) is 1.85. The van der Waals surface area contributed by atoms with Crippen molar-refractivity contribution in [3.63, 3.8) is 0 Å². The summed E-state index contributed by atoms with van der Waals surface area (Å²) in [5.41, 5.74) is 2.53. The predicted molar refractivity (Wildman–Crippen MR) is 79.4 cm³/mol. The number of carbonyl (C=O) groups is 2. The summed E-state index contributed by atoms with van der Waals surface area (Å²) >= 11 is 0. The molecule has 0 atom stereocenters. The lowest BCUT2D eigenvalue weighted by atomic mass is 10.2. The van der Waals surface area contributed by atoms with E-state index in [1.807, 2.05) is 13.8 Å². The summed E-state index contributed by atoms with van der Waals surface area (Å²) in [6, 6.07) is 0. The summed E-state index contributed by atoms with van der Waals surface area (Å²) in [6.07, 6.45) is 2.26. The first-order valence-corrected chi connectivity index (χ1v) is 6.78. The third kappa shape index (κ3) is 4.46. The van der Waals surface area contributed by atoms with Crippen LogP contribution in [0.2, 0.25) is 0 Å². The van der Waals surface area contributed by atoms with Gasteiger partial charge in [-0.3, -0.25) is 10.1 Å². The number of ether oxygens (including phenoxy) is 1. The minimum atomic E-state index is -0.656. The zero-order valence-corrected chi connectivity index (χ0v) is 13.0. The van der Waals surface area contributed by atoms with Gasteiger partial charge < -0.3 is 10.1 Å². The van der Waals surface area contributed by atoms with Crippen LogP contribution in [-0.2, 0) is 22.6 Å². The third-order valence-electron chi connectivity index (χ3n) is 3.10. The molecule has 0 unspecified atom stereocenters. The number of hydrogen-bond donors (Lipinski definition) is 2. The Morgan fingerprint density at radius 3 is 2.61 bits per heavy atom. The number of carbonyl (C=O) groups excluding carboxylic acids is 2. The van der Waals surface area contributed by atoms with Crippen molar-refractivity contribution in [2.24, 2.45) is 0 Å². The van der Waals surface area contributed by atoms with Crippen LogP contribution < -0.4 is 10.6 Å². The van der Waals surface area contributed by atoms with E-state index in [1.165, 1.54) is 24.3 Å². The van der Waals surface area contributed by atoms with Crippen LogP contribution in [-0.4, -0.2) is 44.1 Å². The zero-order valence-electron chi connectivity index (χ0n) is 13.0. The SMILES string of the molecule is COC(=O)Nc1cn(CC(=O)NCc2c(C)ncnc2C)nn1. The molecular weight excluding hydrogens is 302 g/mol. The fourth-order valence-electron chi connectivity index (χ4n) is 1.85. The number of hydrogen-bond acceptors (Lipinski definition) is 7. The van der Waals surface area contributed by atoms with Crippen LogP contribution in [0.25, 0.3) is 0 Å². The lowest BCUT2D eigenvalue weighted by Gasteiger charge is -2.09. The topological polar surface area (TPSA) is 124 Å². The molecule has 2 amide bonds. The molecule has 0 aliphatic carbocycles. The molecule has 0 aromatic carbocycles. The minimum Gasteiger partial charge on any atom is -0.453 e. The van der Waals surface area contributed by atoms with Crippen molar-refractivity contribution in [3.8, 4) is 0 Å². The van der Waals surface area contributed by atoms with E-state index in [9.17, 15) is 9.59 Å². The molecule has 0 fully saturated rings. The standard InChI is InChI=1S/C13H17N7O3/c1-8-10(9(2)16-7-15-8)4-14-12(21)6-20-5-11(18-19-20)17-13(22)23-3/h5,7H,4,6H2,1-3H3,(H,14,21)(H,17,22). The molecule has 2 aromatic heterocycles. The normalized spacial score (nSPS) is 10.2. The summed E-state index contributed by atoms with van der Waals surface area (Å²) in [4.78, 5) is 31.2. The van der Waals surface area contributed by atoms with E-state index in [4.69, 9.17) is 0 Å². The molecule has 10 heteroatoms. The fraction of sp³-hybridized carbons (Fsp3) is 0.385. The average molecular weight is 319 g/mol. The molecule has 0 saturated carbocycles. The molecule has 0 saturated heterocycles. The highest BCUT2D eigenvalue weighted by atomic mass is 16.5. The number of nitrogens with one attached hydrogen (secondary N) is 2. The summed E-state index contributed by atoms with van der Waals surface area (Å²) < 4.78 is 5.74. The van der Waals surface area contributed by atoms with Gasteiger partial charge in [-0.05, 0) is 13.8 Å². The van der Waals surface area contributed by atoms with E-state index in [0.717, 1.165) is 17.0 Å². The van der Waals surface area contributed by atoms with Gasteiger partial charge in [-0.15, -0.1) is 5.10 Å². The van der Waals surface area contributed by atoms with Crippen molar-refractivity contribution in [3.05, 3.63) is 29.5 Å². The Kier molecular flexibility index (Phi) is 5.18. The monoisotopic (exact) mass is 319 g/mol. The van der Waals surface area contributed by atoms with Crippen molar-refractivity contribution < 1.29 is 14.3 Å². The second-order valence-electron chi connectivity index (χ2n) is 4.72. The van der Waals surface area contributed by atoms with Gasteiger partial charge in [0.15, 0.2) is 5.82 Å².